The number of ether oxygens (including phenoxy) is 1. The molecule has 0 aromatic heterocycles. The second kappa shape index (κ2) is 7.83. The smallest absolute Gasteiger partial charge is 0.407 e. The average molecular weight is 308 g/mol. The van der Waals surface area contributed by atoms with Crippen molar-refractivity contribution in [3.05, 3.63) is 0 Å². The highest BCUT2D eigenvalue weighted by molar-refractivity contribution is 7.89. The molecule has 0 spiro atoms. The number of nitrogens with one attached hydrogen (secondary N) is 1. The van der Waals surface area contributed by atoms with E-state index in [0.717, 1.165) is 6.42 Å². The molecule has 20 heavy (non-hydrogen) atoms. The molecule has 6 nitrogen and oxygen atoms in total. The van der Waals surface area contributed by atoms with E-state index in [-0.39, 0.29) is 18.3 Å². The fourth-order valence-corrected chi connectivity index (χ4v) is 2.95. The van der Waals surface area contributed by atoms with Gasteiger partial charge in [-0.15, -0.1) is 0 Å². The van der Waals surface area contributed by atoms with Gasteiger partial charge in [-0.2, -0.15) is 0 Å². The Morgan fingerprint density at radius 1 is 1.35 bits per heavy atom. The van der Waals surface area contributed by atoms with Crippen LogP contribution in [-0.2, 0) is 14.8 Å². The van der Waals surface area contributed by atoms with Crippen LogP contribution in [0.4, 0.5) is 4.79 Å². The van der Waals surface area contributed by atoms with E-state index in [1.54, 1.807) is 27.7 Å². The Labute approximate surface area is 122 Å². The third-order valence-electron chi connectivity index (χ3n) is 2.52. The minimum Gasteiger partial charge on any atom is -0.444 e. The second-order valence-corrected chi connectivity index (χ2v) is 8.19. The van der Waals surface area contributed by atoms with Crippen LogP contribution < -0.4 is 5.32 Å². The molecule has 7 heteroatoms. The first-order chi connectivity index (χ1) is 8.98. The lowest BCUT2D eigenvalue weighted by Gasteiger charge is -2.24. The summed E-state index contributed by atoms with van der Waals surface area (Å²) >= 11 is 0. The lowest BCUT2D eigenvalue weighted by molar-refractivity contribution is 0.0504. The normalized spacial score (nSPS) is 14.2. The zero-order valence-corrected chi connectivity index (χ0v) is 14.2. The second-order valence-electron chi connectivity index (χ2n) is 6.00. The van der Waals surface area contributed by atoms with Crippen molar-refractivity contribution >= 4 is 16.1 Å². The monoisotopic (exact) mass is 308 g/mol. The number of alkyl carbamates (subject to hydrolysis) is 1. The van der Waals surface area contributed by atoms with Gasteiger partial charge in [0.15, 0.2) is 0 Å². The van der Waals surface area contributed by atoms with Gasteiger partial charge in [-0.25, -0.2) is 17.5 Å². The van der Waals surface area contributed by atoms with Crippen molar-refractivity contribution in [1.29, 1.82) is 0 Å². The number of carbonyl (C=O) groups excluding carboxylic acids is 1. The van der Waals surface area contributed by atoms with Crippen molar-refractivity contribution in [3.63, 3.8) is 0 Å². The highest BCUT2D eigenvalue weighted by atomic mass is 32.2. The van der Waals surface area contributed by atoms with Gasteiger partial charge in [0.05, 0.1) is 5.75 Å². The van der Waals surface area contributed by atoms with E-state index in [9.17, 15) is 13.2 Å². The largest absolute Gasteiger partial charge is 0.444 e. The molecule has 1 atom stereocenters. The van der Waals surface area contributed by atoms with E-state index in [4.69, 9.17) is 4.74 Å². The van der Waals surface area contributed by atoms with Gasteiger partial charge in [-0.3, -0.25) is 0 Å². The topological polar surface area (TPSA) is 75.7 Å². The van der Waals surface area contributed by atoms with Crippen LogP contribution in [0.15, 0.2) is 0 Å². The Morgan fingerprint density at radius 2 is 1.90 bits per heavy atom. The number of hydrogen-bond donors (Lipinski definition) is 1. The Hall–Kier alpha value is -0.820. The quantitative estimate of drug-likeness (QED) is 0.780. The molecule has 0 saturated carbocycles. The zero-order chi connectivity index (χ0) is 16.0. The molecule has 0 bridgehead atoms. The summed E-state index contributed by atoms with van der Waals surface area (Å²) in [6, 6.07) is -0.314. The van der Waals surface area contributed by atoms with Crippen molar-refractivity contribution in [2.24, 2.45) is 0 Å². The molecule has 0 aromatic rings. The molecule has 0 rings (SSSR count). The molecule has 0 heterocycles. The van der Waals surface area contributed by atoms with Gasteiger partial charge in [-0.05, 0) is 34.1 Å². The number of amides is 1. The fraction of sp³-hybridized carbons (Fsp3) is 0.923. The van der Waals surface area contributed by atoms with Crippen molar-refractivity contribution in [1.82, 2.24) is 9.62 Å². The first kappa shape index (κ1) is 19.2. The van der Waals surface area contributed by atoms with Crippen LogP contribution in [0.25, 0.3) is 0 Å². The van der Waals surface area contributed by atoms with Crippen LogP contribution in [0, 0.1) is 0 Å². The predicted molar refractivity (Wildman–Crippen MR) is 80.2 cm³/mol. The lowest BCUT2D eigenvalue weighted by Crippen LogP contribution is -2.44. The number of rotatable bonds is 7. The summed E-state index contributed by atoms with van der Waals surface area (Å²) in [6.45, 7) is 9.25. The predicted octanol–water partition coefficient (Wildman–Crippen LogP) is 1.96. The minimum absolute atomic E-state index is 0.138. The Balaban J connectivity index is 4.33. The van der Waals surface area contributed by atoms with Gasteiger partial charge in [0.1, 0.15) is 5.60 Å². The standard InChI is InChI=1S/C13H28N2O4S/c1-7-8-9-20(17,18)15(6)10-11(2)14-12(16)19-13(3,4)5/h11H,7-10H2,1-6H3,(H,14,16)/t11-/m0/s1. The van der Waals surface area contributed by atoms with E-state index >= 15 is 0 Å². The summed E-state index contributed by atoms with van der Waals surface area (Å²) in [5.74, 6) is 0.138. The van der Waals surface area contributed by atoms with Crippen LogP contribution in [-0.4, -0.2) is 49.8 Å². The van der Waals surface area contributed by atoms with Crippen LogP contribution in [0.3, 0.4) is 0 Å². The zero-order valence-electron chi connectivity index (χ0n) is 13.4. The van der Waals surface area contributed by atoms with E-state index in [0.29, 0.717) is 6.42 Å². The van der Waals surface area contributed by atoms with Gasteiger partial charge < -0.3 is 10.1 Å². The third-order valence-corrected chi connectivity index (χ3v) is 4.43. The summed E-state index contributed by atoms with van der Waals surface area (Å²) in [5, 5.41) is 2.63. The molecule has 0 fully saturated rings. The number of nitrogens with zero attached hydrogens (tertiary/aromatic N) is 1. The molecule has 120 valence electrons. The molecule has 0 aromatic carbocycles. The maximum absolute atomic E-state index is 11.9. The number of likely N-dealkylation sites (N-methyl/N-ethyl adjacent to an activating group) is 1. The maximum Gasteiger partial charge on any atom is 0.407 e. The lowest BCUT2D eigenvalue weighted by atomic mass is 10.2. The van der Waals surface area contributed by atoms with Gasteiger partial charge >= 0.3 is 6.09 Å². The summed E-state index contributed by atoms with van der Waals surface area (Å²) in [6.07, 6.45) is 0.934. The Morgan fingerprint density at radius 3 is 2.35 bits per heavy atom. The number of unbranched alkanes of at least 4 members (excludes halogenated alkanes) is 1. The molecule has 1 amide bonds. The molecule has 0 aliphatic carbocycles. The molecule has 0 aliphatic rings. The van der Waals surface area contributed by atoms with E-state index in [1.807, 2.05) is 6.92 Å². The summed E-state index contributed by atoms with van der Waals surface area (Å²) in [7, 11) is -1.72. The summed E-state index contributed by atoms with van der Waals surface area (Å²) < 4.78 is 30.2. The number of sulfonamides is 1. The fourth-order valence-electron chi connectivity index (χ4n) is 1.54. The maximum atomic E-state index is 11.9. The summed E-state index contributed by atoms with van der Waals surface area (Å²) in [4.78, 5) is 11.6. The Kier molecular flexibility index (Phi) is 7.51. The SMILES string of the molecule is CCCCS(=O)(=O)N(C)C[C@H](C)NC(=O)OC(C)(C)C. The Bertz CT molecular complexity index is 401. The van der Waals surface area contributed by atoms with Crippen molar-refractivity contribution in [3.8, 4) is 0 Å². The highest BCUT2D eigenvalue weighted by Gasteiger charge is 2.22. The molecule has 1 N–H and O–H groups in total. The minimum atomic E-state index is -3.25. The third kappa shape index (κ3) is 8.37. The highest BCUT2D eigenvalue weighted by Crippen LogP contribution is 2.07. The van der Waals surface area contributed by atoms with E-state index in [2.05, 4.69) is 5.32 Å². The van der Waals surface area contributed by atoms with Gasteiger partial charge in [0, 0.05) is 19.6 Å². The van der Waals surface area contributed by atoms with Crippen LogP contribution >= 0.6 is 0 Å². The molecule has 0 aliphatic heterocycles. The molecular weight excluding hydrogens is 280 g/mol. The number of carbonyl (C=O) groups is 1. The molecule has 0 radical (unpaired) electrons. The molecular formula is C13H28N2O4S. The molecule has 0 unspecified atom stereocenters. The van der Waals surface area contributed by atoms with Crippen molar-refractivity contribution < 1.29 is 17.9 Å². The number of hydrogen-bond acceptors (Lipinski definition) is 4. The summed E-state index contributed by atoms with van der Waals surface area (Å²) in [5.41, 5.74) is -0.567. The first-order valence-electron chi connectivity index (χ1n) is 6.91. The van der Waals surface area contributed by atoms with Gasteiger partial charge in [0.25, 0.3) is 0 Å². The van der Waals surface area contributed by atoms with Crippen LogP contribution in [0.2, 0.25) is 0 Å². The van der Waals surface area contributed by atoms with Crippen molar-refractivity contribution in [2.75, 3.05) is 19.3 Å². The van der Waals surface area contributed by atoms with Crippen LogP contribution in [0.1, 0.15) is 47.5 Å². The molecule has 0 saturated heterocycles. The van der Waals surface area contributed by atoms with Crippen LogP contribution in [0.5, 0.6) is 0 Å². The first-order valence-corrected chi connectivity index (χ1v) is 8.52. The van der Waals surface area contributed by atoms with Crippen molar-refractivity contribution in [2.45, 2.75) is 59.1 Å². The average Bonchev–Trinajstić information content (AvgIpc) is 2.23. The van der Waals surface area contributed by atoms with E-state index < -0.39 is 21.7 Å². The van der Waals surface area contributed by atoms with Gasteiger partial charge in [0.2, 0.25) is 10.0 Å². The van der Waals surface area contributed by atoms with E-state index in [1.165, 1.54) is 11.4 Å². The van der Waals surface area contributed by atoms with Gasteiger partial charge in [-0.1, -0.05) is 13.3 Å².